The van der Waals surface area contributed by atoms with Gasteiger partial charge in [0.05, 0.1) is 12.3 Å². The van der Waals surface area contributed by atoms with E-state index in [1.807, 2.05) is 0 Å². The molecular weight excluding hydrogens is 335 g/mol. The predicted molar refractivity (Wildman–Crippen MR) is 74.2 cm³/mol. The lowest BCUT2D eigenvalue weighted by molar-refractivity contribution is -0.137. The molecule has 2 amide bonds. The molecule has 0 heterocycles. The molecule has 0 fully saturated rings. The number of urea groups is 1. The molecule has 1 rings (SSSR count). The van der Waals surface area contributed by atoms with Gasteiger partial charge in [-0.25, -0.2) is 9.18 Å². The van der Waals surface area contributed by atoms with Gasteiger partial charge in [-0.1, -0.05) is 15.9 Å². The zero-order chi connectivity index (χ0) is 15.1. The van der Waals surface area contributed by atoms with E-state index in [9.17, 15) is 14.0 Å². The third-order valence-electron chi connectivity index (χ3n) is 2.35. The standard InChI is InChI=1S/C12H14BrFN2O4/c1-20-5-4-16(7-11(17)18)12(19)15-10-6-8(13)2-3-9(10)14/h2-3,6H,4-5,7H2,1H3,(H,15,19)(H,17,18). The Kier molecular flexibility index (Phi) is 6.40. The first-order valence-corrected chi connectivity index (χ1v) is 6.45. The lowest BCUT2D eigenvalue weighted by Crippen LogP contribution is -2.40. The van der Waals surface area contributed by atoms with Crippen molar-refractivity contribution >= 4 is 33.6 Å². The van der Waals surface area contributed by atoms with E-state index in [-0.39, 0.29) is 18.8 Å². The zero-order valence-electron chi connectivity index (χ0n) is 10.7. The van der Waals surface area contributed by atoms with Crippen molar-refractivity contribution in [3.8, 4) is 0 Å². The van der Waals surface area contributed by atoms with Gasteiger partial charge in [0.1, 0.15) is 12.4 Å². The number of hydrogen-bond acceptors (Lipinski definition) is 3. The summed E-state index contributed by atoms with van der Waals surface area (Å²) in [6.45, 7) is -0.225. The number of rotatable bonds is 6. The van der Waals surface area contributed by atoms with Gasteiger partial charge in [-0.2, -0.15) is 0 Å². The molecule has 8 heteroatoms. The summed E-state index contributed by atoms with van der Waals surface area (Å²) in [4.78, 5) is 23.7. The van der Waals surface area contributed by atoms with Crippen molar-refractivity contribution in [3.63, 3.8) is 0 Å². The van der Waals surface area contributed by atoms with Crippen LogP contribution in [0.15, 0.2) is 22.7 Å². The predicted octanol–water partition coefficient (Wildman–Crippen LogP) is 2.15. The maximum absolute atomic E-state index is 13.5. The van der Waals surface area contributed by atoms with Crippen LogP contribution in [0.2, 0.25) is 0 Å². The number of hydrogen-bond donors (Lipinski definition) is 2. The van der Waals surface area contributed by atoms with Gasteiger partial charge in [0.25, 0.3) is 0 Å². The van der Waals surface area contributed by atoms with E-state index < -0.39 is 24.4 Å². The highest BCUT2D eigenvalue weighted by atomic mass is 79.9. The first kappa shape index (κ1) is 16.4. The number of anilines is 1. The number of carboxylic acid groups (broad SMARTS) is 1. The van der Waals surface area contributed by atoms with Crippen LogP contribution < -0.4 is 5.32 Å². The molecule has 0 saturated heterocycles. The number of carbonyl (C=O) groups excluding carboxylic acids is 1. The highest BCUT2D eigenvalue weighted by Gasteiger charge is 2.18. The average molecular weight is 349 g/mol. The van der Waals surface area contributed by atoms with Crippen LogP contribution >= 0.6 is 15.9 Å². The summed E-state index contributed by atoms with van der Waals surface area (Å²) >= 11 is 3.16. The minimum atomic E-state index is -1.16. The van der Waals surface area contributed by atoms with E-state index in [0.29, 0.717) is 4.47 Å². The Morgan fingerprint density at radius 1 is 1.50 bits per heavy atom. The molecule has 0 aliphatic rings. The number of benzene rings is 1. The molecule has 0 aliphatic heterocycles. The highest BCUT2D eigenvalue weighted by molar-refractivity contribution is 9.10. The summed E-state index contributed by atoms with van der Waals surface area (Å²) in [5.74, 6) is -1.77. The Balaban J connectivity index is 2.78. The van der Waals surface area contributed by atoms with Crippen molar-refractivity contribution in [1.29, 1.82) is 0 Å². The SMILES string of the molecule is COCCN(CC(=O)O)C(=O)Nc1cc(Br)ccc1F. The summed E-state index contributed by atoms with van der Waals surface area (Å²) in [5.41, 5.74) is -0.0304. The Morgan fingerprint density at radius 3 is 2.80 bits per heavy atom. The molecule has 6 nitrogen and oxygen atoms in total. The average Bonchev–Trinajstić information content (AvgIpc) is 2.38. The lowest BCUT2D eigenvalue weighted by Gasteiger charge is -2.21. The minimum Gasteiger partial charge on any atom is -0.480 e. The molecule has 20 heavy (non-hydrogen) atoms. The fourth-order valence-corrected chi connectivity index (χ4v) is 1.77. The van der Waals surface area contributed by atoms with Crippen LogP contribution in [0.25, 0.3) is 0 Å². The summed E-state index contributed by atoms with van der Waals surface area (Å²) < 4.78 is 18.9. The van der Waals surface area contributed by atoms with Crippen LogP contribution in [-0.2, 0) is 9.53 Å². The Morgan fingerprint density at radius 2 is 2.20 bits per heavy atom. The van der Waals surface area contributed by atoms with Crippen LogP contribution in [0, 0.1) is 5.82 Å². The van der Waals surface area contributed by atoms with E-state index >= 15 is 0 Å². The maximum Gasteiger partial charge on any atom is 0.323 e. The molecular formula is C12H14BrFN2O4. The van der Waals surface area contributed by atoms with E-state index in [0.717, 1.165) is 4.90 Å². The van der Waals surface area contributed by atoms with Crippen LogP contribution in [0.5, 0.6) is 0 Å². The Bertz CT molecular complexity index is 498. The summed E-state index contributed by atoms with van der Waals surface area (Å²) in [6.07, 6.45) is 0. The van der Waals surface area contributed by atoms with E-state index in [2.05, 4.69) is 21.2 Å². The van der Waals surface area contributed by atoms with E-state index in [1.54, 1.807) is 0 Å². The molecule has 0 bridgehead atoms. The molecule has 0 aromatic heterocycles. The summed E-state index contributed by atoms with van der Waals surface area (Å²) in [5, 5.41) is 11.1. The molecule has 0 atom stereocenters. The highest BCUT2D eigenvalue weighted by Crippen LogP contribution is 2.20. The zero-order valence-corrected chi connectivity index (χ0v) is 12.3. The number of ether oxygens (including phenoxy) is 1. The number of halogens is 2. The van der Waals surface area contributed by atoms with Gasteiger partial charge in [0, 0.05) is 18.1 Å². The Labute approximate surface area is 123 Å². The molecule has 0 spiro atoms. The van der Waals surface area contributed by atoms with Gasteiger partial charge >= 0.3 is 12.0 Å². The molecule has 1 aromatic rings. The molecule has 110 valence electrons. The van der Waals surface area contributed by atoms with E-state index in [1.165, 1.54) is 25.3 Å². The van der Waals surface area contributed by atoms with Gasteiger partial charge in [-0.05, 0) is 18.2 Å². The third-order valence-corrected chi connectivity index (χ3v) is 2.84. The van der Waals surface area contributed by atoms with Crippen LogP contribution in [-0.4, -0.2) is 48.8 Å². The monoisotopic (exact) mass is 348 g/mol. The molecule has 0 saturated carbocycles. The van der Waals surface area contributed by atoms with Crippen molar-refractivity contribution in [3.05, 3.63) is 28.5 Å². The van der Waals surface area contributed by atoms with Gasteiger partial charge in [-0.15, -0.1) is 0 Å². The Hall–Kier alpha value is -1.67. The maximum atomic E-state index is 13.5. The first-order valence-electron chi connectivity index (χ1n) is 5.65. The molecule has 0 radical (unpaired) electrons. The first-order chi connectivity index (χ1) is 9.43. The van der Waals surface area contributed by atoms with Crippen molar-refractivity contribution in [2.24, 2.45) is 0 Å². The molecule has 1 aromatic carbocycles. The quantitative estimate of drug-likeness (QED) is 0.825. The fourth-order valence-electron chi connectivity index (χ4n) is 1.40. The second-order valence-corrected chi connectivity index (χ2v) is 4.78. The number of nitrogens with one attached hydrogen (secondary N) is 1. The smallest absolute Gasteiger partial charge is 0.323 e. The summed E-state index contributed by atoms with van der Waals surface area (Å²) in [7, 11) is 1.44. The van der Waals surface area contributed by atoms with Gasteiger partial charge in [0.15, 0.2) is 0 Å². The third kappa shape index (κ3) is 5.14. The van der Waals surface area contributed by atoms with Crippen LogP contribution in [0.1, 0.15) is 0 Å². The summed E-state index contributed by atoms with van der Waals surface area (Å²) in [6, 6.07) is 3.37. The number of carbonyl (C=O) groups is 2. The normalized spacial score (nSPS) is 10.2. The number of methoxy groups -OCH3 is 1. The molecule has 0 aliphatic carbocycles. The van der Waals surface area contributed by atoms with Gasteiger partial charge < -0.3 is 20.1 Å². The van der Waals surface area contributed by atoms with Gasteiger partial charge in [-0.3, -0.25) is 4.79 Å². The topological polar surface area (TPSA) is 78.9 Å². The molecule has 0 unspecified atom stereocenters. The van der Waals surface area contributed by atoms with Gasteiger partial charge in [0.2, 0.25) is 0 Å². The van der Waals surface area contributed by atoms with Crippen molar-refractivity contribution in [2.45, 2.75) is 0 Å². The van der Waals surface area contributed by atoms with Crippen molar-refractivity contribution in [2.75, 3.05) is 32.1 Å². The largest absolute Gasteiger partial charge is 0.480 e. The second-order valence-electron chi connectivity index (χ2n) is 3.86. The minimum absolute atomic E-state index is 0.0304. The van der Waals surface area contributed by atoms with E-state index in [4.69, 9.17) is 9.84 Å². The number of nitrogens with zero attached hydrogens (tertiary/aromatic N) is 1. The van der Waals surface area contributed by atoms with Crippen LogP contribution in [0.3, 0.4) is 0 Å². The molecule has 2 N–H and O–H groups in total. The van der Waals surface area contributed by atoms with Crippen LogP contribution in [0.4, 0.5) is 14.9 Å². The lowest BCUT2D eigenvalue weighted by atomic mass is 10.3. The van der Waals surface area contributed by atoms with Crippen molar-refractivity contribution in [1.82, 2.24) is 4.90 Å². The number of carboxylic acids is 1. The second kappa shape index (κ2) is 7.81. The number of aliphatic carboxylic acids is 1. The number of amides is 2. The van der Waals surface area contributed by atoms with Crippen molar-refractivity contribution < 1.29 is 23.8 Å². The fraction of sp³-hybridized carbons (Fsp3) is 0.333.